The molecule has 3 nitrogen and oxygen atoms in total. The van der Waals surface area contributed by atoms with Crippen LogP contribution in [0.5, 0.6) is 5.75 Å². The van der Waals surface area contributed by atoms with Crippen molar-refractivity contribution in [3.63, 3.8) is 0 Å². The third-order valence-electron chi connectivity index (χ3n) is 4.38. The SMILES string of the molecule is CCc1c(OC)cc(F)c(C)c1Nc1c(Br)cnc(C2CC2)c1Br. The number of pyridine rings is 1. The lowest BCUT2D eigenvalue weighted by atomic mass is 10.0. The maximum atomic E-state index is 14.3. The smallest absolute Gasteiger partial charge is 0.131 e. The summed E-state index contributed by atoms with van der Waals surface area (Å²) in [7, 11) is 1.57. The van der Waals surface area contributed by atoms with Crippen molar-refractivity contribution in [2.45, 2.75) is 39.0 Å². The molecule has 24 heavy (non-hydrogen) atoms. The molecule has 1 fully saturated rings. The van der Waals surface area contributed by atoms with Crippen molar-refractivity contribution < 1.29 is 9.13 Å². The number of hydrogen-bond acceptors (Lipinski definition) is 3. The van der Waals surface area contributed by atoms with Gasteiger partial charge in [0.25, 0.3) is 0 Å². The highest BCUT2D eigenvalue weighted by Gasteiger charge is 2.29. The van der Waals surface area contributed by atoms with Crippen LogP contribution in [-0.4, -0.2) is 12.1 Å². The molecule has 0 bridgehead atoms. The number of benzene rings is 1. The molecule has 0 unspecified atom stereocenters. The van der Waals surface area contributed by atoms with Crippen LogP contribution in [-0.2, 0) is 6.42 Å². The maximum Gasteiger partial charge on any atom is 0.131 e. The van der Waals surface area contributed by atoms with Gasteiger partial charge >= 0.3 is 0 Å². The van der Waals surface area contributed by atoms with Crippen LogP contribution in [0.4, 0.5) is 15.8 Å². The third-order valence-corrected chi connectivity index (χ3v) is 5.78. The maximum absolute atomic E-state index is 14.3. The molecule has 1 N–H and O–H groups in total. The predicted molar refractivity (Wildman–Crippen MR) is 102 cm³/mol. The molecular formula is C18H19Br2FN2O. The van der Waals surface area contributed by atoms with Crippen molar-refractivity contribution in [1.29, 1.82) is 0 Å². The van der Waals surface area contributed by atoms with Crippen molar-refractivity contribution in [3.8, 4) is 5.75 Å². The Labute approximate surface area is 158 Å². The lowest BCUT2D eigenvalue weighted by molar-refractivity contribution is 0.406. The number of hydrogen-bond donors (Lipinski definition) is 1. The topological polar surface area (TPSA) is 34.1 Å². The fourth-order valence-corrected chi connectivity index (χ4v) is 4.25. The lowest BCUT2D eigenvalue weighted by Crippen LogP contribution is -2.05. The van der Waals surface area contributed by atoms with E-state index in [1.165, 1.54) is 18.9 Å². The first-order valence-corrected chi connectivity index (χ1v) is 9.53. The second kappa shape index (κ2) is 7.00. The first kappa shape index (κ1) is 17.7. The van der Waals surface area contributed by atoms with Crippen molar-refractivity contribution in [2.24, 2.45) is 0 Å². The molecule has 1 aromatic carbocycles. The standard InChI is InChI=1S/C18H19Br2FN2O/c1-4-11-14(24-3)7-13(21)9(2)16(11)23-18-12(19)8-22-17(15(18)20)10-5-6-10/h7-8,10H,4-6H2,1-3H3,(H,22,23). The molecule has 0 saturated heterocycles. The van der Waals surface area contributed by atoms with E-state index in [0.29, 0.717) is 17.2 Å². The summed E-state index contributed by atoms with van der Waals surface area (Å²) in [6.07, 6.45) is 4.88. The van der Waals surface area contributed by atoms with E-state index in [1.807, 2.05) is 6.92 Å². The Morgan fingerprint density at radius 1 is 1.33 bits per heavy atom. The van der Waals surface area contributed by atoms with Crippen LogP contribution in [0.2, 0.25) is 0 Å². The molecule has 6 heteroatoms. The molecule has 0 spiro atoms. The minimum Gasteiger partial charge on any atom is -0.496 e. The van der Waals surface area contributed by atoms with Gasteiger partial charge in [-0.05, 0) is 58.0 Å². The monoisotopic (exact) mass is 456 g/mol. The van der Waals surface area contributed by atoms with E-state index in [4.69, 9.17) is 4.74 Å². The second-order valence-electron chi connectivity index (χ2n) is 5.97. The van der Waals surface area contributed by atoms with Gasteiger partial charge in [-0.25, -0.2) is 4.39 Å². The first-order chi connectivity index (χ1) is 11.5. The van der Waals surface area contributed by atoms with Crippen LogP contribution in [0.25, 0.3) is 0 Å². The van der Waals surface area contributed by atoms with E-state index in [1.54, 1.807) is 20.2 Å². The number of rotatable bonds is 5. The highest BCUT2D eigenvalue weighted by molar-refractivity contribution is 9.11. The van der Waals surface area contributed by atoms with Gasteiger partial charge < -0.3 is 10.1 Å². The second-order valence-corrected chi connectivity index (χ2v) is 7.62. The zero-order valence-electron chi connectivity index (χ0n) is 13.8. The Hall–Kier alpha value is -1.14. The van der Waals surface area contributed by atoms with Crippen LogP contribution in [0.15, 0.2) is 21.2 Å². The number of ether oxygens (including phenoxy) is 1. The zero-order valence-corrected chi connectivity index (χ0v) is 17.0. The summed E-state index contributed by atoms with van der Waals surface area (Å²) < 4.78 is 21.4. The minimum atomic E-state index is -0.282. The normalized spacial score (nSPS) is 13.9. The van der Waals surface area contributed by atoms with E-state index >= 15 is 0 Å². The molecule has 3 rings (SSSR count). The number of nitrogens with zero attached hydrogens (tertiary/aromatic N) is 1. The molecular weight excluding hydrogens is 439 g/mol. The molecule has 0 amide bonds. The largest absolute Gasteiger partial charge is 0.496 e. The van der Waals surface area contributed by atoms with E-state index in [9.17, 15) is 4.39 Å². The van der Waals surface area contributed by atoms with Crippen LogP contribution in [0.3, 0.4) is 0 Å². The van der Waals surface area contributed by atoms with Gasteiger partial charge in [-0.3, -0.25) is 4.98 Å². The molecule has 1 saturated carbocycles. The van der Waals surface area contributed by atoms with Crippen molar-refractivity contribution >= 4 is 43.2 Å². The van der Waals surface area contributed by atoms with Crippen LogP contribution < -0.4 is 10.1 Å². The molecule has 1 aliphatic rings. The summed E-state index contributed by atoms with van der Waals surface area (Å²) in [5.74, 6) is 0.795. The number of aromatic nitrogens is 1. The van der Waals surface area contributed by atoms with Crippen LogP contribution in [0, 0.1) is 12.7 Å². The van der Waals surface area contributed by atoms with Gasteiger partial charge in [0.05, 0.1) is 33.1 Å². The predicted octanol–water partition coefficient (Wildman–Crippen LogP) is 6.25. The van der Waals surface area contributed by atoms with Gasteiger partial charge in [0.2, 0.25) is 0 Å². The van der Waals surface area contributed by atoms with Crippen molar-refractivity contribution in [2.75, 3.05) is 12.4 Å². The summed E-state index contributed by atoms with van der Waals surface area (Å²) in [6, 6.07) is 1.45. The molecule has 2 aromatic rings. The summed E-state index contributed by atoms with van der Waals surface area (Å²) >= 11 is 7.23. The van der Waals surface area contributed by atoms with Crippen LogP contribution >= 0.6 is 31.9 Å². The average Bonchev–Trinajstić information content (AvgIpc) is 3.39. The van der Waals surface area contributed by atoms with Gasteiger partial charge in [-0.2, -0.15) is 0 Å². The lowest BCUT2D eigenvalue weighted by Gasteiger charge is -2.20. The molecule has 1 aromatic heterocycles. The molecule has 0 radical (unpaired) electrons. The van der Waals surface area contributed by atoms with Gasteiger partial charge in [0.1, 0.15) is 11.6 Å². The van der Waals surface area contributed by atoms with Crippen LogP contribution in [0.1, 0.15) is 42.5 Å². The highest BCUT2D eigenvalue weighted by atomic mass is 79.9. The highest BCUT2D eigenvalue weighted by Crippen LogP contribution is 2.47. The van der Waals surface area contributed by atoms with Gasteiger partial charge in [-0.15, -0.1) is 0 Å². The van der Waals surface area contributed by atoms with Crippen molar-refractivity contribution in [1.82, 2.24) is 4.98 Å². The molecule has 1 aliphatic carbocycles. The molecule has 1 heterocycles. The van der Waals surface area contributed by atoms with E-state index < -0.39 is 0 Å². The molecule has 0 aliphatic heterocycles. The summed E-state index contributed by atoms with van der Waals surface area (Å²) in [5, 5.41) is 3.41. The molecule has 0 atom stereocenters. The Kier molecular flexibility index (Phi) is 5.16. The fourth-order valence-electron chi connectivity index (χ4n) is 2.84. The minimum absolute atomic E-state index is 0.282. The van der Waals surface area contributed by atoms with Crippen molar-refractivity contribution in [3.05, 3.63) is 43.8 Å². The number of anilines is 2. The Morgan fingerprint density at radius 2 is 2.04 bits per heavy atom. The zero-order chi connectivity index (χ0) is 17.4. The summed E-state index contributed by atoms with van der Waals surface area (Å²) in [6.45, 7) is 3.81. The Balaban J connectivity index is 2.12. The molecule has 128 valence electrons. The summed E-state index contributed by atoms with van der Waals surface area (Å²) in [4.78, 5) is 4.53. The van der Waals surface area contributed by atoms with E-state index in [0.717, 1.165) is 38.0 Å². The Bertz CT molecular complexity index is 791. The Morgan fingerprint density at radius 3 is 2.62 bits per heavy atom. The van der Waals surface area contributed by atoms with E-state index in [2.05, 4.69) is 42.2 Å². The fraction of sp³-hybridized carbons (Fsp3) is 0.389. The van der Waals surface area contributed by atoms with Gasteiger partial charge in [-0.1, -0.05) is 6.92 Å². The number of nitrogens with one attached hydrogen (secondary N) is 1. The average molecular weight is 458 g/mol. The number of halogens is 3. The van der Waals surface area contributed by atoms with Gasteiger partial charge in [0, 0.05) is 29.3 Å². The summed E-state index contributed by atoms with van der Waals surface area (Å²) in [5.41, 5.74) is 4.22. The first-order valence-electron chi connectivity index (χ1n) is 7.94. The van der Waals surface area contributed by atoms with E-state index in [-0.39, 0.29) is 5.82 Å². The quantitative estimate of drug-likeness (QED) is 0.576. The van der Waals surface area contributed by atoms with Gasteiger partial charge in [0.15, 0.2) is 0 Å². The number of methoxy groups -OCH3 is 1. The third kappa shape index (κ3) is 3.18.